The summed E-state index contributed by atoms with van der Waals surface area (Å²) in [4.78, 5) is 0. The van der Waals surface area contributed by atoms with Crippen LogP contribution in [0.4, 0.5) is 0 Å². The van der Waals surface area contributed by atoms with E-state index in [4.69, 9.17) is 4.74 Å². The molecular weight excluding hydrogens is 222 g/mol. The summed E-state index contributed by atoms with van der Waals surface area (Å²) in [7, 11) is 0. The van der Waals surface area contributed by atoms with Crippen molar-refractivity contribution in [2.45, 2.75) is 59.6 Å². The average Bonchev–Trinajstić information content (AvgIpc) is 2.25. The first-order chi connectivity index (χ1) is 8.51. The van der Waals surface area contributed by atoms with Crippen LogP contribution in [0.1, 0.15) is 44.7 Å². The van der Waals surface area contributed by atoms with Crippen LogP contribution in [-0.4, -0.2) is 18.7 Å². The number of aryl methyl sites for hydroxylation is 2. The highest BCUT2D eigenvalue weighted by Crippen LogP contribution is 2.17. The summed E-state index contributed by atoms with van der Waals surface area (Å²) in [5, 5.41) is 3.51. The molecule has 2 atom stereocenters. The van der Waals surface area contributed by atoms with Gasteiger partial charge in [-0.1, -0.05) is 19.4 Å². The average molecular weight is 249 g/mol. The van der Waals surface area contributed by atoms with Crippen molar-refractivity contribution in [3.63, 3.8) is 0 Å². The number of hydrogen-bond acceptors (Lipinski definition) is 2. The van der Waals surface area contributed by atoms with Gasteiger partial charge in [-0.15, -0.1) is 0 Å². The Hall–Kier alpha value is -1.02. The topological polar surface area (TPSA) is 21.3 Å². The zero-order valence-electron chi connectivity index (χ0n) is 12.4. The van der Waals surface area contributed by atoms with Gasteiger partial charge >= 0.3 is 0 Å². The number of hydrogen-bond donors (Lipinski definition) is 1. The molecule has 2 heteroatoms. The van der Waals surface area contributed by atoms with Crippen molar-refractivity contribution >= 4 is 0 Å². The van der Waals surface area contributed by atoms with Crippen molar-refractivity contribution in [2.75, 3.05) is 6.54 Å². The van der Waals surface area contributed by atoms with E-state index in [1.807, 2.05) is 0 Å². The van der Waals surface area contributed by atoms with Gasteiger partial charge in [-0.3, -0.25) is 0 Å². The van der Waals surface area contributed by atoms with Gasteiger partial charge in [-0.25, -0.2) is 0 Å². The van der Waals surface area contributed by atoms with E-state index in [0.29, 0.717) is 6.04 Å². The maximum absolute atomic E-state index is 5.94. The van der Waals surface area contributed by atoms with Gasteiger partial charge < -0.3 is 10.1 Å². The highest BCUT2D eigenvalue weighted by Gasteiger charge is 2.07. The van der Waals surface area contributed by atoms with Gasteiger partial charge in [0.15, 0.2) is 0 Å². The molecule has 0 amide bonds. The van der Waals surface area contributed by atoms with E-state index in [1.165, 1.54) is 24.0 Å². The van der Waals surface area contributed by atoms with Gasteiger partial charge in [0.25, 0.3) is 0 Å². The zero-order chi connectivity index (χ0) is 13.5. The van der Waals surface area contributed by atoms with Crippen LogP contribution in [0, 0.1) is 13.8 Å². The third kappa shape index (κ3) is 5.54. The molecule has 102 valence electrons. The van der Waals surface area contributed by atoms with Gasteiger partial charge in [0, 0.05) is 12.6 Å². The minimum Gasteiger partial charge on any atom is -0.489 e. The molecule has 0 aliphatic carbocycles. The molecule has 1 aromatic carbocycles. The van der Waals surface area contributed by atoms with Crippen LogP contribution >= 0.6 is 0 Å². The molecule has 1 rings (SSSR count). The molecule has 0 saturated carbocycles. The second-order valence-corrected chi connectivity index (χ2v) is 5.35. The van der Waals surface area contributed by atoms with Crippen LogP contribution in [0.15, 0.2) is 18.2 Å². The molecule has 0 spiro atoms. The van der Waals surface area contributed by atoms with Crippen LogP contribution in [0.5, 0.6) is 5.75 Å². The highest BCUT2D eigenvalue weighted by molar-refractivity contribution is 5.33. The van der Waals surface area contributed by atoms with Crippen molar-refractivity contribution in [1.29, 1.82) is 0 Å². The Morgan fingerprint density at radius 3 is 2.28 bits per heavy atom. The van der Waals surface area contributed by atoms with Crippen molar-refractivity contribution in [3.8, 4) is 5.75 Å². The van der Waals surface area contributed by atoms with Crippen LogP contribution in [-0.2, 0) is 0 Å². The molecule has 0 heterocycles. The molecule has 0 aromatic heterocycles. The highest BCUT2D eigenvalue weighted by atomic mass is 16.5. The monoisotopic (exact) mass is 249 g/mol. The first-order valence-corrected chi connectivity index (χ1v) is 6.99. The van der Waals surface area contributed by atoms with Crippen LogP contribution in [0.25, 0.3) is 0 Å². The van der Waals surface area contributed by atoms with Crippen molar-refractivity contribution in [3.05, 3.63) is 29.3 Å². The van der Waals surface area contributed by atoms with Crippen molar-refractivity contribution in [1.82, 2.24) is 5.32 Å². The molecule has 0 aliphatic heterocycles. The lowest BCUT2D eigenvalue weighted by Gasteiger charge is -2.19. The molecule has 0 bridgehead atoms. The van der Waals surface area contributed by atoms with Gasteiger partial charge in [0.05, 0.1) is 0 Å². The van der Waals surface area contributed by atoms with E-state index in [1.54, 1.807) is 0 Å². The van der Waals surface area contributed by atoms with Crippen LogP contribution in [0.2, 0.25) is 0 Å². The Bertz CT molecular complexity index is 342. The number of benzene rings is 1. The Labute approximate surface area is 112 Å². The van der Waals surface area contributed by atoms with E-state index in [0.717, 1.165) is 12.3 Å². The summed E-state index contributed by atoms with van der Waals surface area (Å²) in [5.74, 6) is 0.977. The molecule has 18 heavy (non-hydrogen) atoms. The van der Waals surface area contributed by atoms with E-state index < -0.39 is 0 Å². The summed E-state index contributed by atoms with van der Waals surface area (Å²) in [5.41, 5.74) is 2.51. The summed E-state index contributed by atoms with van der Waals surface area (Å²) < 4.78 is 5.94. The van der Waals surface area contributed by atoms with Crippen molar-refractivity contribution < 1.29 is 4.74 Å². The molecule has 0 saturated heterocycles. The molecular formula is C16H27NO. The fourth-order valence-electron chi connectivity index (χ4n) is 2.18. The van der Waals surface area contributed by atoms with E-state index in [9.17, 15) is 0 Å². The zero-order valence-corrected chi connectivity index (χ0v) is 12.4. The summed E-state index contributed by atoms with van der Waals surface area (Å²) in [6, 6.07) is 6.93. The predicted molar refractivity (Wildman–Crippen MR) is 78.4 cm³/mol. The summed E-state index contributed by atoms with van der Waals surface area (Å²) >= 11 is 0. The van der Waals surface area contributed by atoms with Gasteiger partial charge in [0.2, 0.25) is 0 Å². The summed E-state index contributed by atoms with van der Waals surface area (Å²) in [6.07, 6.45) is 2.64. The third-order valence-electron chi connectivity index (χ3n) is 3.01. The van der Waals surface area contributed by atoms with Gasteiger partial charge in [0.1, 0.15) is 11.9 Å². The molecule has 0 fully saturated rings. The molecule has 0 aliphatic rings. The maximum Gasteiger partial charge on any atom is 0.120 e. The minimum atomic E-state index is 0.200. The Kier molecular flexibility index (Phi) is 6.20. The summed E-state index contributed by atoms with van der Waals surface area (Å²) in [6.45, 7) is 11.7. The van der Waals surface area contributed by atoms with Gasteiger partial charge in [-0.05, 0) is 57.4 Å². The van der Waals surface area contributed by atoms with E-state index in [-0.39, 0.29) is 6.10 Å². The second kappa shape index (κ2) is 7.42. The maximum atomic E-state index is 5.94. The fraction of sp³-hybridized carbons (Fsp3) is 0.625. The van der Waals surface area contributed by atoms with E-state index >= 15 is 0 Å². The smallest absolute Gasteiger partial charge is 0.120 e. The number of nitrogens with one attached hydrogen (secondary N) is 1. The van der Waals surface area contributed by atoms with E-state index in [2.05, 4.69) is 58.1 Å². The van der Waals surface area contributed by atoms with Gasteiger partial charge in [-0.2, -0.15) is 0 Å². The normalized spacial score (nSPS) is 14.3. The predicted octanol–water partition coefficient (Wildman–Crippen LogP) is 3.85. The lowest BCUT2D eigenvalue weighted by Crippen LogP contribution is -2.34. The fourth-order valence-corrected chi connectivity index (χ4v) is 2.18. The molecule has 1 aromatic rings. The third-order valence-corrected chi connectivity index (χ3v) is 3.01. The largest absolute Gasteiger partial charge is 0.489 e. The lowest BCUT2D eigenvalue weighted by molar-refractivity contribution is 0.211. The molecule has 2 unspecified atom stereocenters. The standard InChI is InChI=1S/C16H27NO/c1-6-7-14(4)17-11-15(5)18-16-9-12(2)8-13(3)10-16/h8-10,14-15,17H,6-7,11H2,1-5H3. The molecule has 1 N–H and O–H groups in total. The van der Waals surface area contributed by atoms with Crippen LogP contribution in [0.3, 0.4) is 0 Å². The quantitative estimate of drug-likeness (QED) is 0.792. The Morgan fingerprint density at radius 1 is 1.11 bits per heavy atom. The SMILES string of the molecule is CCCC(C)NCC(C)Oc1cc(C)cc(C)c1. The molecule has 0 radical (unpaired) electrons. The van der Waals surface area contributed by atoms with Crippen LogP contribution < -0.4 is 10.1 Å². The number of ether oxygens (including phenoxy) is 1. The number of rotatable bonds is 7. The Morgan fingerprint density at radius 2 is 1.72 bits per heavy atom. The van der Waals surface area contributed by atoms with Crippen molar-refractivity contribution in [2.24, 2.45) is 0 Å². The Balaban J connectivity index is 2.41. The minimum absolute atomic E-state index is 0.200. The lowest BCUT2D eigenvalue weighted by atomic mass is 10.1. The first kappa shape index (κ1) is 15.0. The second-order valence-electron chi connectivity index (χ2n) is 5.35. The first-order valence-electron chi connectivity index (χ1n) is 6.99. The molecule has 2 nitrogen and oxygen atoms in total.